The molecular formula is C10H15ClFN3O2. The largest absolute Gasteiger partial charge is 0.397 e. The molecule has 17 heavy (non-hydrogen) atoms. The van der Waals surface area contributed by atoms with E-state index < -0.39 is 11.9 Å². The fourth-order valence-electron chi connectivity index (χ4n) is 1.32. The number of benzene rings is 1. The van der Waals surface area contributed by atoms with E-state index in [1.165, 1.54) is 13.2 Å². The van der Waals surface area contributed by atoms with Gasteiger partial charge in [0.05, 0.1) is 29.8 Å². The summed E-state index contributed by atoms with van der Waals surface area (Å²) in [4.78, 5) is 0. The molecule has 0 saturated carbocycles. The van der Waals surface area contributed by atoms with E-state index in [1.54, 1.807) is 0 Å². The molecular weight excluding hydrogens is 249 g/mol. The molecule has 0 amide bonds. The van der Waals surface area contributed by atoms with Crippen molar-refractivity contribution in [1.82, 2.24) is 0 Å². The summed E-state index contributed by atoms with van der Waals surface area (Å²) < 4.78 is 18.4. The first-order valence-corrected chi connectivity index (χ1v) is 5.29. The molecule has 1 aromatic rings. The number of nitrogen functional groups attached to an aromatic ring is 2. The summed E-state index contributed by atoms with van der Waals surface area (Å²) in [6.45, 7) is 0.229. The van der Waals surface area contributed by atoms with Gasteiger partial charge in [-0.2, -0.15) is 0 Å². The highest BCUT2D eigenvalue weighted by molar-refractivity contribution is 6.33. The summed E-state index contributed by atoms with van der Waals surface area (Å²) in [6, 6.07) is 1.36. The molecule has 1 rings (SSSR count). The van der Waals surface area contributed by atoms with Crippen LogP contribution in [0, 0.1) is 5.82 Å². The number of nitrogens with two attached hydrogens (primary N) is 2. The number of nitrogens with one attached hydrogen (secondary N) is 1. The summed E-state index contributed by atoms with van der Waals surface area (Å²) >= 11 is 5.65. The van der Waals surface area contributed by atoms with Crippen LogP contribution in [0.5, 0.6) is 0 Å². The fourth-order valence-corrected chi connectivity index (χ4v) is 1.47. The Morgan fingerprint density at radius 1 is 1.53 bits per heavy atom. The number of hydrogen-bond donors (Lipinski definition) is 4. The van der Waals surface area contributed by atoms with Crippen LogP contribution < -0.4 is 16.8 Å². The van der Waals surface area contributed by atoms with E-state index >= 15 is 0 Å². The maximum atomic E-state index is 13.7. The Balaban J connectivity index is 2.81. The van der Waals surface area contributed by atoms with Crippen LogP contribution in [0.3, 0.4) is 0 Å². The SMILES string of the molecule is COCC(O)CNc1c(N)cc(N)c(Cl)c1F. The second-order valence-electron chi connectivity index (χ2n) is 3.55. The van der Waals surface area contributed by atoms with Crippen molar-refractivity contribution in [1.29, 1.82) is 0 Å². The molecule has 0 fully saturated rings. The van der Waals surface area contributed by atoms with Gasteiger partial charge in [-0.05, 0) is 6.07 Å². The van der Waals surface area contributed by atoms with Crippen LogP contribution in [-0.4, -0.2) is 31.5 Å². The highest BCUT2D eigenvalue weighted by atomic mass is 35.5. The van der Waals surface area contributed by atoms with E-state index in [0.29, 0.717) is 0 Å². The fraction of sp³-hybridized carbons (Fsp3) is 0.400. The van der Waals surface area contributed by atoms with Gasteiger partial charge in [-0.3, -0.25) is 0 Å². The van der Waals surface area contributed by atoms with Gasteiger partial charge in [0.2, 0.25) is 0 Å². The normalized spacial score (nSPS) is 12.5. The highest BCUT2D eigenvalue weighted by Crippen LogP contribution is 2.33. The number of hydrogen-bond acceptors (Lipinski definition) is 5. The minimum absolute atomic E-state index is 0.0272. The van der Waals surface area contributed by atoms with E-state index in [-0.39, 0.29) is 35.2 Å². The molecule has 6 N–H and O–H groups in total. The Hall–Kier alpha value is -1.24. The van der Waals surface area contributed by atoms with Crippen molar-refractivity contribution in [3.05, 3.63) is 16.9 Å². The molecule has 0 aliphatic carbocycles. The molecule has 0 aliphatic rings. The number of ether oxygens (including phenoxy) is 1. The molecule has 0 aliphatic heterocycles. The third-order valence-corrected chi connectivity index (χ3v) is 2.52. The van der Waals surface area contributed by atoms with Gasteiger partial charge < -0.3 is 26.6 Å². The molecule has 0 spiro atoms. The predicted octanol–water partition coefficient (Wildman–Crippen LogP) is 1.06. The molecule has 5 nitrogen and oxygen atoms in total. The molecule has 1 aromatic carbocycles. The van der Waals surface area contributed by atoms with Gasteiger partial charge in [-0.1, -0.05) is 11.6 Å². The minimum Gasteiger partial charge on any atom is -0.397 e. The molecule has 7 heteroatoms. The lowest BCUT2D eigenvalue weighted by atomic mass is 10.2. The van der Waals surface area contributed by atoms with Crippen molar-refractivity contribution in [2.75, 3.05) is 37.0 Å². The van der Waals surface area contributed by atoms with Crippen LogP contribution in [0.4, 0.5) is 21.5 Å². The lowest BCUT2D eigenvalue weighted by molar-refractivity contribution is 0.0727. The number of halogens is 2. The Kier molecular flexibility index (Phi) is 4.80. The van der Waals surface area contributed by atoms with Gasteiger partial charge in [-0.15, -0.1) is 0 Å². The van der Waals surface area contributed by atoms with Crippen LogP contribution in [0.15, 0.2) is 6.07 Å². The standard InChI is InChI=1S/C10H15ClFN3O2/c1-17-4-5(16)3-15-10-7(14)2-6(13)8(11)9(10)12/h2,5,15-16H,3-4,13-14H2,1H3. The third-order valence-electron chi connectivity index (χ3n) is 2.14. The molecule has 1 atom stereocenters. The van der Waals surface area contributed by atoms with Crippen molar-refractivity contribution in [3.8, 4) is 0 Å². The van der Waals surface area contributed by atoms with Crippen LogP contribution in [0.2, 0.25) is 5.02 Å². The predicted molar refractivity (Wildman–Crippen MR) is 66.6 cm³/mol. The average molecular weight is 264 g/mol. The zero-order valence-corrected chi connectivity index (χ0v) is 10.1. The summed E-state index contributed by atoms with van der Waals surface area (Å²) in [5.41, 5.74) is 11.3. The van der Waals surface area contributed by atoms with E-state index in [9.17, 15) is 9.50 Å². The van der Waals surface area contributed by atoms with Gasteiger partial charge in [0, 0.05) is 13.7 Å². The molecule has 0 aromatic heterocycles. The number of aliphatic hydroxyl groups is 1. The van der Waals surface area contributed by atoms with Crippen LogP contribution >= 0.6 is 11.6 Å². The monoisotopic (exact) mass is 263 g/mol. The zero-order valence-electron chi connectivity index (χ0n) is 9.34. The number of anilines is 3. The van der Waals surface area contributed by atoms with Gasteiger partial charge in [0.1, 0.15) is 5.02 Å². The lowest BCUT2D eigenvalue weighted by Crippen LogP contribution is -2.25. The average Bonchev–Trinajstić information content (AvgIpc) is 2.26. The van der Waals surface area contributed by atoms with Crippen LogP contribution in [-0.2, 0) is 4.74 Å². The van der Waals surface area contributed by atoms with Gasteiger partial charge in [0.25, 0.3) is 0 Å². The minimum atomic E-state index is -0.768. The quantitative estimate of drug-likeness (QED) is 0.596. The first-order valence-electron chi connectivity index (χ1n) is 4.91. The second kappa shape index (κ2) is 5.90. The summed E-state index contributed by atoms with van der Waals surface area (Å²) in [5.74, 6) is -0.728. The van der Waals surface area contributed by atoms with E-state index in [0.717, 1.165) is 0 Å². The molecule has 0 bridgehead atoms. The first kappa shape index (κ1) is 13.8. The van der Waals surface area contributed by atoms with Gasteiger partial charge in [-0.25, -0.2) is 4.39 Å². The summed E-state index contributed by atoms with van der Waals surface area (Å²) in [7, 11) is 1.46. The number of aliphatic hydroxyl groups excluding tert-OH is 1. The molecule has 96 valence electrons. The molecule has 0 radical (unpaired) electrons. The Bertz CT molecular complexity index is 404. The third kappa shape index (κ3) is 3.36. The van der Waals surface area contributed by atoms with Gasteiger partial charge in [0.15, 0.2) is 5.82 Å². The smallest absolute Gasteiger partial charge is 0.169 e. The van der Waals surface area contributed by atoms with Crippen molar-refractivity contribution in [2.24, 2.45) is 0 Å². The lowest BCUT2D eigenvalue weighted by Gasteiger charge is -2.15. The number of methoxy groups -OCH3 is 1. The van der Waals surface area contributed by atoms with E-state index in [4.69, 9.17) is 27.8 Å². The van der Waals surface area contributed by atoms with E-state index in [1.807, 2.05) is 0 Å². The summed E-state index contributed by atoms with van der Waals surface area (Å²) in [6.07, 6.45) is -0.768. The maximum Gasteiger partial charge on any atom is 0.169 e. The van der Waals surface area contributed by atoms with Crippen molar-refractivity contribution in [3.63, 3.8) is 0 Å². The van der Waals surface area contributed by atoms with Crippen LogP contribution in [0.25, 0.3) is 0 Å². The van der Waals surface area contributed by atoms with Crippen LogP contribution in [0.1, 0.15) is 0 Å². The maximum absolute atomic E-state index is 13.7. The molecule has 0 saturated heterocycles. The van der Waals surface area contributed by atoms with E-state index in [2.05, 4.69) is 5.32 Å². The highest BCUT2D eigenvalue weighted by Gasteiger charge is 2.15. The molecule has 0 heterocycles. The van der Waals surface area contributed by atoms with Crippen molar-refractivity contribution in [2.45, 2.75) is 6.10 Å². The second-order valence-corrected chi connectivity index (χ2v) is 3.93. The summed E-state index contributed by atoms with van der Waals surface area (Å²) in [5, 5.41) is 11.9. The van der Waals surface area contributed by atoms with Gasteiger partial charge >= 0.3 is 0 Å². The topological polar surface area (TPSA) is 93.5 Å². The number of rotatable bonds is 5. The molecule has 1 unspecified atom stereocenters. The first-order chi connectivity index (χ1) is 7.97. The Morgan fingerprint density at radius 2 is 2.18 bits per heavy atom. The Morgan fingerprint density at radius 3 is 2.76 bits per heavy atom. The Labute approximate surface area is 103 Å². The van der Waals surface area contributed by atoms with Crippen molar-refractivity contribution < 1.29 is 14.2 Å². The van der Waals surface area contributed by atoms with Crippen molar-refractivity contribution >= 4 is 28.7 Å². The zero-order chi connectivity index (χ0) is 13.0.